The van der Waals surface area contributed by atoms with Crippen LogP contribution in [0.25, 0.3) is 0 Å². The molecule has 0 aliphatic carbocycles. The highest BCUT2D eigenvalue weighted by Gasteiger charge is 2.16. The van der Waals surface area contributed by atoms with E-state index in [2.05, 4.69) is 32.0 Å². The summed E-state index contributed by atoms with van der Waals surface area (Å²) in [5, 5.41) is 13.0. The summed E-state index contributed by atoms with van der Waals surface area (Å²) in [5.74, 6) is 0. The van der Waals surface area contributed by atoms with Gasteiger partial charge in [0, 0.05) is 6.42 Å². The summed E-state index contributed by atoms with van der Waals surface area (Å²) < 4.78 is 0. The average molecular weight is 281 g/mol. The van der Waals surface area contributed by atoms with Crippen LogP contribution in [0.3, 0.4) is 0 Å². The number of aliphatic hydroxyl groups excluding tert-OH is 1. The van der Waals surface area contributed by atoms with Crippen LogP contribution in [0.15, 0.2) is 23.6 Å². The molecule has 0 aliphatic heterocycles. The summed E-state index contributed by atoms with van der Waals surface area (Å²) in [6.45, 7) is 6.10. The second-order valence-electron chi connectivity index (χ2n) is 4.75. The van der Waals surface area contributed by atoms with Crippen molar-refractivity contribution in [3.05, 3.63) is 55.7 Å². The zero-order valence-corrected chi connectivity index (χ0v) is 12.4. The van der Waals surface area contributed by atoms with Gasteiger partial charge in [-0.3, -0.25) is 0 Å². The Labute approximate surface area is 117 Å². The lowest BCUT2D eigenvalue weighted by Gasteiger charge is -2.12. The fraction of sp³-hybridized carbons (Fsp3) is 0.333. The zero-order chi connectivity index (χ0) is 13.3. The van der Waals surface area contributed by atoms with E-state index in [1.807, 2.05) is 12.3 Å². The first-order chi connectivity index (χ1) is 8.49. The Morgan fingerprint density at radius 2 is 1.94 bits per heavy atom. The summed E-state index contributed by atoms with van der Waals surface area (Å²) in [6.07, 6.45) is 0.101. The van der Waals surface area contributed by atoms with Gasteiger partial charge in [-0.1, -0.05) is 35.4 Å². The standard InChI is InChI=1S/C15H17ClOS/c1-9-4-5-10(2)12(6-9)7-13(17)15-14(16)11(3)8-18-15/h4-6,8,13,17H,7H2,1-3H3. The van der Waals surface area contributed by atoms with Crippen LogP contribution in [0.1, 0.15) is 33.2 Å². The summed E-state index contributed by atoms with van der Waals surface area (Å²) >= 11 is 7.72. The van der Waals surface area contributed by atoms with E-state index in [4.69, 9.17) is 11.6 Å². The Morgan fingerprint density at radius 3 is 2.56 bits per heavy atom. The SMILES string of the molecule is Cc1ccc(C)c(CC(O)c2scc(C)c2Cl)c1. The molecule has 1 atom stereocenters. The van der Waals surface area contributed by atoms with Crippen LogP contribution in [-0.4, -0.2) is 5.11 Å². The third-order valence-electron chi connectivity index (χ3n) is 3.15. The summed E-state index contributed by atoms with van der Waals surface area (Å²) in [4.78, 5) is 0.870. The molecule has 96 valence electrons. The molecule has 1 unspecified atom stereocenters. The maximum absolute atomic E-state index is 10.3. The molecule has 3 heteroatoms. The van der Waals surface area contributed by atoms with Crippen LogP contribution < -0.4 is 0 Å². The van der Waals surface area contributed by atoms with Gasteiger partial charge in [0.05, 0.1) is 16.0 Å². The highest BCUT2D eigenvalue weighted by Crippen LogP contribution is 2.34. The molecule has 0 amide bonds. The Balaban J connectivity index is 2.23. The summed E-state index contributed by atoms with van der Waals surface area (Å²) in [5.41, 5.74) is 4.65. The summed E-state index contributed by atoms with van der Waals surface area (Å²) in [7, 11) is 0. The Morgan fingerprint density at radius 1 is 1.22 bits per heavy atom. The molecule has 0 saturated carbocycles. The number of hydrogen-bond acceptors (Lipinski definition) is 2. The second-order valence-corrected chi connectivity index (χ2v) is 6.04. The number of thiophene rings is 1. The predicted octanol–water partition coefficient (Wildman–Crippen LogP) is 4.60. The molecular formula is C15H17ClOS. The van der Waals surface area contributed by atoms with Crippen molar-refractivity contribution in [3.63, 3.8) is 0 Å². The van der Waals surface area contributed by atoms with Crippen molar-refractivity contribution >= 4 is 22.9 Å². The largest absolute Gasteiger partial charge is 0.387 e. The van der Waals surface area contributed by atoms with E-state index < -0.39 is 6.10 Å². The zero-order valence-electron chi connectivity index (χ0n) is 10.8. The highest BCUT2D eigenvalue weighted by molar-refractivity contribution is 7.10. The maximum Gasteiger partial charge on any atom is 0.0937 e. The van der Waals surface area contributed by atoms with Crippen LogP contribution in [0.5, 0.6) is 0 Å². The fourth-order valence-corrected chi connectivity index (χ4v) is 3.30. The average Bonchev–Trinajstić information content (AvgIpc) is 2.65. The van der Waals surface area contributed by atoms with Crippen LogP contribution in [0, 0.1) is 20.8 Å². The molecule has 0 saturated heterocycles. The molecule has 1 aromatic carbocycles. The molecular weight excluding hydrogens is 264 g/mol. The highest BCUT2D eigenvalue weighted by atomic mass is 35.5. The minimum absolute atomic E-state index is 0.517. The molecule has 2 rings (SSSR count). The normalized spacial score (nSPS) is 12.7. The lowest BCUT2D eigenvalue weighted by molar-refractivity contribution is 0.182. The van der Waals surface area contributed by atoms with Gasteiger partial charge in [0.1, 0.15) is 0 Å². The Hall–Kier alpha value is -0.830. The van der Waals surface area contributed by atoms with Crippen molar-refractivity contribution in [2.45, 2.75) is 33.3 Å². The van der Waals surface area contributed by atoms with Crippen molar-refractivity contribution in [1.29, 1.82) is 0 Å². The van der Waals surface area contributed by atoms with E-state index in [1.54, 1.807) is 0 Å². The first-order valence-corrected chi connectivity index (χ1v) is 7.22. The van der Waals surface area contributed by atoms with E-state index in [9.17, 15) is 5.11 Å². The van der Waals surface area contributed by atoms with Crippen molar-refractivity contribution in [1.82, 2.24) is 0 Å². The maximum atomic E-state index is 10.3. The molecule has 0 aliphatic rings. The number of aryl methyl sites for hydroxylation is 3. The number of hydrogen-bond donors (Lipinski definition) is 1. The first-order valence-electron chi connectivity index (χ1n) is 5.96. The minimum Gasteiger partial charge on any atom is -0.387 e. The van der Waals surface area contributed by atoms with Crippen LogP contribution >= 0.6 is 22.9 Å². The van der Waals surface area contributed by atoms with Crippen molar-refractivity contribution in [3.8, 4) is 0 Å². The van der Waals surface area contributed by atoms with Gasteiger partial charge in [-0.25, -0.2) is 0 Å². The molecule has 0 radical (unpaired) electrons. The van der Waals surface area contributed by atoms with E-state index >= 15 is 0 Å². The smallest absolute Gasteiger partial charge is 0.0937 e. The van der Waals surface area contributed by atoms with Crippen molar-refractivity contribution in [2.24, 2.45) is 0 Å². The van der Waals surface area contributed by atoms with Crippen molar-refractivity contribution in [2.75, 3.05) is 0 Å². The number of benzene rings is 1. The van der Waals surface area contributed by atoms with E-state index in [1.165, 1.54) is 28.0 Å². The number of halogens is 1. The molecule has 2 aromatic rings. The molecule has 0 fully saturated rings. The Kier molecular flexibility index (Phi) is 4.10. The van der Waals surface area contributed by atoms with Gasteiger partial charge in [0.15, 0.2) is 0 Å². The van der Waals surface area contributed by atoms with Crippen molar-refractivity contribution < 1.29 is 5.11 Å². The van der Waals surface area contributed by atoms with Gasteiger partial charge < -0.3 is 5.11 Å². The van der Waals surface area contributed by atoms with Crippen LogP contribution in [0.4, 0.5) is 0 Å². The Bertz CT molecular complexity index is 560. The van der Waals surface area contributed by atoms with Gasteiger partial charge in [-0.15, -0.1) is 11.3 Å². The van der Waals surface area contributed by atoms with E-state index in [0.717, 1.165) is 10.4 Å². The van der Waals surface area contributed by atoms with E-state index in [-0.39, 0.29) is 0 Å². The third-order valence-corrected chi connectivity index (χ3v) is 4.96. The number of aliphatic hydroxyl groups is 1. The number of rotatable bonds is 3. The monoisotopic (exact) mass is 280 g/mol. The van der Waals surface area contributed by atoms with Gasteiger partial charge in [0.2, 0.25) is 0 Å². The fourth-order valence-electron chi connectivity index (χ4n) is 2.00. The van der Waals surface area contributed by atoms with Gasteiger partial charge >= 0.3 is 0 Å². The molecule has 18 heavy (non-hydrogen) atoms. The van der Waals surface area contributed by atoms with Gasteiger partial charge in [0.25, 0.3) is 0 Å². The van der Waals surface area contributed by atoms with Crippen LogP contribution in [-0.2, 0) is 6.42 Å². The quantitative estimate of drug-likeness (QED) is 0.871. The molecule has 1 aromatic heterocycles. The van der Waals surface area contributed by atoms with Gasteiger partial charge in [-0.2, -0.15) is 0 Å². The second kappa shape index (κ2) is 5.43. The van der Waals surface area contributed by atoms with Gasteiger partial charge in [-0.05, 0) is 42.8 Å². The molecule has 0 spiro atoms. The molecule has 1 heterocycles. The molecule has 1 N–H and O–H groups in total. The van der Waals surface area contributed by atoms with Crippen LogP contribution in [0.2, 0.25) is 5.02 Å². The molecule has 1 nitrogen and oxygen atoms in total. The van der Waals surface area contributed by atoms with E-state index in [0.29, 0.717) is 11.4 Å². The summed E-state index contributed by atoms with van der Waals surface area (Å²) in [6, 6.07) is 6.32. The third kappa shape index (κ3) is 2.77. The lowest BCUT2D eigenvalue weighted by Crippen LogP contribution is -2.02. The first kappa shape index (κ1) is 13.6. The minimum atomic E-state index is -0.517. The topological polar surface area (TPSA) is 20.2 Å². The predicted molar refractivity (Wildman–Crippen MR) is 78.6 cm³/mol. The lowest BCUT2D eigenvalue weighted by atomic mass is 9.99. The molecule has 0 bridgehead atoms.